The van der Waals surface area contributed by atoms with E-state index in [1.807, 2.05) is 42.2 Å². The first-order valence-corrected chi connectivity index (χ1v) is 8.43. The van der Waals surface area contributed by atoms with Gasteiger partial charge in [0.2, 0.25) is 5.91 Å². The maximum Gasteiger partial charge on any atom is 0.320 e. The number of aromatic nitrogens is 2. The number of nitrogens with one attached hydrogen (secondary N) is 2. The van der Waals surface area contributed by atoms with Crippen LogP contribution in [0, 0.1) is 6.92 Å². The molecule has 132 valence electrons. The molecule has 3 amide bonds. The highest BCUT2D eigenvalue weighted by Gasteiger charge is 2.20. The summed E-state index contributed by atoms with van der Waals surface area (Å²) in [7, 11) is 1.78. The molecule has 0 spiro atoms. The lowest BCUT2D eigenvalue weighted by Crippen LogP contribution is -2.30. The van der Waals surface area contributed by atoms with E-state index in [4.69, 9.17) is 0 Å². The predicted molar refractivity (Wildman–Crippen MR) is 94.9 cm³/mol. The second-order valence-electron chi connectivity index (χ2n) is 6.29. The van der Waals surface area contributed by atoms with Gasteiger partial charge in [0.15, 0.2) is 0 Å². The van der Waals surface area contributed by atoms with Gasteiger partial charge in [-0.3, -0.25) is 14.8 Å². The summed E-state index contributed by atoms with van der Waals surface area (Å²) in [6, 6.07) is 9.41. The number of urea groups is 1. The molecule has 0 bridgehead atoms. The molecule has 2 N–H and O–H groups in total. The van der Waals surface area contributed by atoms with Crippen molar-refractivity contribution in [3.8, 4) is 0 Å². The predicted octanol–water partition coefficient (Wildman–Crippen LogP) is 2.17. The molecular weight excluding hydrogens is 318 g/mol. The van der Waals surface area contributed by atoms with Crippen LogP contribution in [0.1, 0.15) is 29.7 Å². The Labute approximate surface area is 147 Å². The second-order valence-corrected chi connectivity index (χ2v) is 6.29. The molecule has 0 aliphatic carbocycles. The van der Waals surface area contributed by atoms with Crippen LogP contribution in [-0.2, 0) is 24.9 Å². The van der Waals surface area contributed by atoms with Gasteiger partial charge in [0, 0.05) is 39.2 Å². The summed E-state index contributed by atoms with van der Waals surface area (Å²) in [5, 5.41) is 9.85. The molecule has 3 rings (SSSR count). The van der Waals surface area contributed by atoms with Gasteiger partial charge in [-0.05, 0) is 24.5 Å². The van der Waals surface area contributed by atoms with Crippen molar-refractivity contribution >= 4 is 17.8 Å². The molecule has 7 nitrogen and oxygen atoms in total. The van der Waals surface area contributed by atoms with E-state index in [2.05, 4.69) is 15.7 Å². The van der Waals surface area contributed by atoms with Crippen molar-refractivity contribution < 1.29 is 9.59 Å². The summed E-state index contributed by atoms with van der Waals surface area (Å²) in [6.07, 6.45) is 1.55. The number of nitrogens with zero attached hydrogens (tertiary/aromatic N) is 3. The van der Waals surface area contributed by atoms with Gasteiger partial charge in [-0.2, -0.15) is 5.10 Å². The van der Waals surface area contributed by atoms with Gasteiger partial charge in [-0.15, -0.1) is 0 Å². The standard InChI is InChI=1S/C18H23N5O2/c1-13-10-16(22(2)21-13)20-18(25)19-11-14-6-3-4-7-15(14)12-23-9-5-8-17(23)24/h3-4,6-7,10H,5,8-9,11-12H2,1-2H3,(H2,19,20,25). The molecule has 1 saturated heterocycles. The third-order valence-electron chi connectivity index (χ3n) is 4.33. The van der Waals surface area contributed by atoms with E-state index in [9.17, 15) is 9.59 Å². The van der Waals surface area contributed by atoms with Crippen LogP contribution in [0.5, 0.6) is 0 Å². The summed E-state index contributed by atoms with van der Waals surface area (Å²) < 4.78 is 1.63. The van der Waals surface area contributed by atoms with Crippen molar-refractivity contribution in [2.24, 2.45) is 7.05 Å². The topological polar surface area (TPSA) is 79.3 Å². The highest BCUT2D eigenvalue weighted by molar-refractivity contribution is 5.88. The summed E-state index contributed by atoms with van der Waals surface area (Å²) in [5.41, 5.74) is 2.92. The summed E-state index contributed by atoms with van der Waals surface area (Å²) in [6.45, 7) is 3.68. The summed E-state index contributed by atoms with van der Waals surface area (Å²) >= 11 is 0. The van der Waals surface area contributed by atoms with Gasteiger partial charge in [-0.1, -0.05) is 24.3 Å². The number of anilines is 1. The molecule has 1 aliphatic rings. The number of benzene rings is 1. The van der Waals surface area contributed by atoms with Crippen LogP contribution in [-0.4, -0.2) is 33.2 Å². The Kier molecular flexibility index (Phi) is 5.02. The lowest BCUT2D eigenvalue weighted by atomic mass is 10.1. The zero-order chi connectivity index (χ0) is 17.8. The Morgan fingerprint density at radius 2 is 2.04 bits per heavy atom. The first kappa shape index (κ1) is 17.0. The van der Waals surface area contributed by atoms with E-state index in [1.54, 1.807) is 11.7 Å². The number of likely N-dealkylation sites (tertiary alicyclic amines) is 1. The molecule has 2 heterocycles. The van der Waals surface area contributed by atoms with Gasteiger partial charge >= 0.3 is 6.03 Å². The monoisotopic (exact) mass is 341 g/mol. The van der Waals surface area contributed by atoms with Gasteiger partial charge in [0.25, 0.3) is 0 Å². The highest BCUT2D eigenvalue weighted by atomic mass is 16.2. The third-order valence-corrected chi connectivity index (χ3v) is 4.33. The minimum absolute atomic E-state index is 0.201. The number of carbonyl (C=O) groups is 2. The first-order valence-electron chi connectivity index (χ1n) is 8.43. The van der Waals surface area contributed by atoms with Gasteiger partial charge in [0.05, 0.1) is 5.69 Å². The molecule has 2 aromatic rings. The van der Waals surface area contributed by atoms with Gasteiger partial charge in [0.1, 0.15) is 5.82 Å². The Morgan fingerprint density at radius 1 is 1.28 bits per heavy atom. The number of hydrogen-bond acceptors (Lipinski definition) is 3. The van der Waals surface area contributed by atoms with E-state index >= 15 is 0 Å². The maximum atomic E-state index is 12.1. The molecule has 1 aromatic heterocycles. The molecule has 0 radical (unpaired) electrons. The molecular formula is C18H23N5O2. The Hall–Kier alpha value is -2.83. The number of hydrogen-bond donors (Lipinski definition) is 2. The van der Waals surface area contributed by atoms with Crippen LogP contribution in [0.2, 0.25) is 0 Å². The quantitative estimate of drug-likeness (QED) is 0.875. The van der Waals surface area contributed by atoms with Crippen LogP contribution in [0.3, 0.4) is 0 Å². The molecule has 1 aromatic carbocycles. The fourth-order valence-corrected chi connectivity index (χ4v) is 3.02. The molecule has 0 atom stereocenters. The summed E-state index contributed by atoms with van der Waals surface area (Å²) in [4.78, 5) is 25.8. The lowest BCUT2D eigenvalue weighted by molar-refractivity contribution is -0.128. The van der Waals surface area contributed by atoms with Crippen LogP contribution in [0.15, 0.2) is 30.3 Å². The largest absolute Gasteiger partial charge is 0.338 e. The molecule has 0 saturated carbocycles. The van der Waals surface area contributed by atoms with Crippen molar-refractivity contribution in [3.63, 3.8) is 0 Å². The fourth-order valence-electron chi connectivity index (χ4n) is 3.02. The van der Waals surface area contributed by atoms with Crippen LogP contribution >= 0.6 is 0 Å². The van der Waals surface area contributed by atoms with E-state index < -0.39 is 0 Å². The maximum absolute atomic E-state index is 12.1. The molecule has 0 unspecified atom stereocenters. The molecule has 1 aliphatic heterocycles. The Balaban J connectivity index is 1.60. The van der Waals surface area contributed by atoms with E-state index in [1.165, 1.54) is 0 Å². The SMILES string of the molecule is Cc1cc(NC(=O)NCc2ccccc2CN2CCCC2=O)n(C)n1. The fraction of sp³-hybridized carbons (Fsp3) is 0.389. The van der Waals surface area contributed by atoms with E-state index in [-0.39, 0.29) is 11.9 Å². The third kappa shape index (κ3) is 4.17. The van der Waals surface area contributed by atoms with Crippen molar-refractivity contribution in [2.45, 2.75) is 32.9 Å². The molecule has 25 heavy (non-hydrogen) atoms. The van der Waals surface area contributed by atoms with Crippen LogP contribution in [0.4, 0.5) is 10.6 Å². The van der Waals surface area contributed by atoms with Crippen LogP contribution in [0.25, 0.3) is 0 Å². The van der Waals surface area contributed by atoms with Crippen molar-refractivity contribution in [2.75, 3.05) is 11.9 Å². The zero-order valence-corrected chi connectivity index (χ0v) is 14.6. The average molecular weight is 341 g/mol. The molecule has 7 heteroatoms. The van der Waals surface area contributed by atoms with Crippen LogP contribution < -0.4 is 10.6 Å². The van der Waals surface area contributed by atoms with Gasteiger partial charge < -0.3 is 10.2 Å². The number of amides is 3. The van der Waals surface area contributed by atoms with E-state index in [0.717, 1.165) is 29.8 Å². The molecule has 1 fully saturated rings. The second kappa shape index (κ2) is 7.38. The van der Waals surface area contributed by atoms with E-state index in [0.29, 0.717) is 25.3 Å². The zero-order valence-electron chi connectivity index (χ0n) is 14.6. The number of rotatable bonds is 5. The normalized spacial score (nSPS) is 14.0. The smallest absolute Gasteiger partial charge is 0.320 e. The minimum atomic E-state index is -0.282. The lowest BCUT2D eigenvalue weighted by Gasteiger charge is -2.18. The van der Waals surface area contributed by atoms with Crippen molar-refractivity contribution in [1.82, 2.24) is 20.0 Å². The van der Waals surface area contributed by atoms with Gasteiger partial charge in [-0.25, -0.2) is 4.79 Å². The average Bonchev–Trinajstić information content (AvgIpc) is 3.12. The number of aryl methyl sites for hydroxylation is 2. The first-order chi connectivity index (χ1) is 12.0. The Morgan fingerprint density at radius 3 is 2.68 bits per heavy atom. The van der Waals surface area contributed by atoms with Crippen molar-refractivity contribution in [3.05, 3.63) is 47.2 Å². The summed E-state index contributed by atoms with van der Waals surface area (Å²) in [5.74, 6) is 0.845. The minimum Gasteiger partial charge on any atom is -0.338 e. The highest BCUT2D eigenvalue weighted by Crippen LogP contribution is 2.17. The Bertz CT molecular complexity index is 784. The number of carbonyl (C=O) groups excluding carboxylic acids is 2. The van der Waals surface area contributed by atoms with Crippen molar-refractivity contribution in [1.29, 1.82) is 0 Å².